The van der Waals surface area contributed by atoms with Gasteiger partial charge in [-0.25, -0.2) is 0 Å². The Morgan fingerprint density at radius 2 is 1.91 bits per heavy atom. The van der Waals surface area contributed by atoms with Crippen LogP contribution < -0.4 is 10.6 Å². The number of carbonyl (C=O) groups is 2. The number of carbonyl (C=O) groups excluding carboxylic acids is 2. The van der Waals surface area contributed by atoms with Crippen LogP contribution in [-0.2, 0) is 15.8 Å². The lowest BCUT2D eigenvalue weighted by atomic mass is 10.0. The number of alkyl halides is 3. The molecule has 2 N–H and O–H groups in total. The molecule has 1 aromatic rings. The zero-order chi connectivity index (χ0) is 16.3. The number of rotatable bonds is 5. The van der Waals surface area contributed by atoms with Gasteiger partial charge in [0.2, 0.25) is 11.8 Å². The van der Waals surface area contributed by atoms with Crippen LogP contribution in [0.4, 0.5) is 13.2 Å². The van der Waals surface area contributed by atoms with E-state index in [2.05, 4.69) is 10.6 Å². The summed E-state index contributed by atoms with van der Waals surface area (Å²) in [4.78, 5) is 22.7. The van der Waals surface area contributed by atoms with E-state index in [0.717, 1.165) is 6.07 Å². The van der Waals surface area contributed by atoms with Crippen LogP contribution in [0.5, 0.6) is 0 Å². The molecule has 1 fully saturated rings. The van der Waals surface area contributed by atoms with Crippen molar-refractivity contribution >= 4 is 11.8 Å². The van der Waals surface area contributed by atoms with Crippen molar-refractivity contribution in [1.29, 1.82) is 0 Å². The van der Waals surface area contributed by atoms with Crippen molar-refractivity contribution in [1.82, 2.24) is 10.6 Å². The SMILES string of the molecule is CCC(=O)NCC(=O)NC1CC1c1ccccc1C(F)(F)F. The highest BCUT2D eigenvalue weighted by atomic mass is 19.4. The van der Waals surface area contributed by atoms with E-state index in [1.54, 1.807) is 13.0 Å². The molecule has 0 bridgehead atoms. The Bertz CT molecular complexity index is 572. The Morgan fingerprint density at radius 3 is 2.55 bits per heavy atom. The Morgan fingerprint density at radius 1 is 1.23 bits per heavy atom. The number of hydrogen-bond acceptors (Lipinski definition) is 2. The van der Waals surface area contributed by atoms with E-state index in [4.69, 9.17) is 0 Å². The molecule has 2 amide bonds. The van der Waals surface area contributed by atoms with E-state index in [1.165, 1.54) is 12.1 Å². The lowest BCUT2D eigenvalue weighted by molar-refractivity contribution is -0.138. The first-order chi connectivity index (χ1) is 10.3. The summed E-state index contributed by atoms with van der Waals surface area (Å²) in [5.74, 6) is -0.965. The minimum Gasteiger partial charge on any atom is -0.351 e. The quantitative estimate of drug-likeness (QED) is 0.875. The van der Waals surface area contributed by atoms with Crippen molar-refractivity contribution in [2.75, 3.05) is 6.54 Å². The molecule has 0 saturated heterocycles. The molecule has 0 heterocycles. The summed E-state index contributed by atoms with van der Waals surface area (Å²) in [6.45, 7) is 1.51. The first kappa shape index (κ1) is 16.3. The monoisotopic (exact) mass is 314 g/mol. The zero-order valence-electron chi connectivity index (χ0n) is 12.0. The summed E-state index contributed by atoms with van der Waals surface area (Å²) in [6.07, 6.45) is -3.65. The van der Waals surface area contributed by atoms with Crippen molar-refractivity contribution in [2.45, 2.75) is 37.9 Å². The fourth-order valence-corrected chi connectivity index (χ4v) is 2.34. The van der Waals surface area contributed by atoms with Gasteiger partial charge in [0.25, 0.3) is 0 Å². The van der Waals surface area contributed by atoms with E-state index in [-0.39, 0.29) is 36.4 Å². The molecule has 0 aromatic heterocycles. The maximum atomic E-state index is 12.9. The molecule has 0 aliphatic heterocycles. The summed E-state index contributed by atoms with van der Waals surface area (Å²) in [5, 5.41) is 5.06. The van der Waals surface area contributed by atoms with Crippen LogP contribution in [0.2, 0.25) is 0 Å². The van der Waals surface area contributed by atoms with Gasteiger partial charge in [-0.15, -0.1) is 0 Å². The van der Waals surface area contributed by atoms with Crippen LogP contribution in [0.3, 0.4) is 0 Å². The summed E-state index contributed by atoms with van der Waals surface area (Å²) in [6, 6.07) is 5.09. The average molecular weight is 314 g/mol. The second-order valence-electron chi connectivity index (χ2n) is 5.23. The molecule has 7 heteroatoms. The van der Waals surface area contributed by atoms with Crippen molar-refractivity contribution in [3.05, 3.63) is 35.4 Å². The van der Waals surface area contributed by atoms with Gasteiger partial charge >= 0.3 is 6.18 Å². The third-order valence-electron chi connectivity index (χ3n) is 3.57. The standard InChI is InChI=1S/C15H17F3N2O2/c1-2-13(21)19-8-14(22)20-12-7-10(12)9-5-3-4-6-11(9)15(16,17)18/h3-6,10,12H,2,7-8H2,1H3,(H,19,21)(H,20,22). The van der Waals surface area contributed by atoms with Gasteiger partial charge in [0.05, 0.1) is 12.1 Å². The fraction of sp³-hybridized carbons (Fsp3) is 0.467. The van der Waals surface area contributed by atoms with Crippen LogP contribution >= 0.6 is 0 Å². The van der Waals surface area contributed by atoms with Gasteiger partial charge in [-0.05, 0) is 18.1 Å². The van der Waals surface area contributed by atoms with E-state index in [1.807, 2.05) is 0 Å². The van der Waals surface area contributed by atoms with Gasteiger partial charge < -0.3 is 10.6 Å². The molecule has 120 valence electrons. The van der Waals surface area contributed by atoms with Gasteiger partial charge in [0, 0.05) is 18.4 Å². The largest absolute Gasteiger partial charge is 0.416 e. The summed E-state index contributed by atoms with van der Waals surface area (Å²) in [5.41, 5.74) is -0.450. The number of nitrogens with one attached hydrogen (secondary N) is 2. The molecule has 1 aliphatic rings. The summed E-state index contributed by atoms with van der Waals surface area (Å²) < 4.78 is 38.8. The molecule has 0 radical (unpaired) electrons. The van der Waals surface area contributed by atoms with E-state index in [9.17, 15) is 22.8 Å². The van der Waals surface area contributed by atoms with Gasteiger partial charge in [-0.1, -0.05) is 25.1 Å². The lowest BCUT2D eigenvalue weighted by Gasteiger charge is -2.12. The van der Waals surface area contributed by atoms with Crippen molar-refractivity contribution in [3.8, 4) is 0 Å². The molecular weight excluding hydrogens is 297 g/mol. The van der Waals surface area contributed by atoms with Gasteiger partial charge in [0.1, 0.15) is 0 Å². The highest BCUT2D eigenvalue weighted by Crippen LogP contribution is 2.46. The van der Waals surface area contributed by atoms with Crippen LogP contribution in [0.25, 0.3) is 0 Å². The summed E-state index contributed by atoms with van der Waals surface area (Å²) in [7, 11) is 0. The predicted molar refractivity (Wildman–Crippen MR) is 74.0 cm³/mol. The zero-order valence-corrected chi connectivity index (χ0v) is 12.0. The molecule has 2 atom stereocenters. The molecule has 1 aliphatic carbocycles. The van der Waals surface area contributed by atoms with Crippen molar-refractivity contribution in [3.63, 3.8) is 0 Å². The van der Waals surface area contributed by atoms with Gasteiger partial charge in [-0.2, -0.15) is 13.2 Å². The first-order valence-corrected chi connectivity index (χ1v) is 7.05. The third kappa shape index (κ3) is 3.99. The minimum absolute atomic E-state index is 0.156. The van der Waals surface area contributed by atoms with Crippen LogP contribution in [0.1, 0.15) is 36.8 Å². The molecule has 22 heavy (non-hydrogen) atoms. The predicted octanol–water partition coefficient (Wildman–Crippen LogP) is 2.20. The van der Waals surface area contributed by atoms with E-state index < -0.39 is 17.6 Å². The molecule has 1 saturated carbocycles. The topological polar surface area (TPSA) is 58.2 Å². The summed E-state index contributed by atoms with van der Waals surface area (Å²) >= 11 is 0. The number of amides is 2. The Kier molecular flexibility index (Phi) is 4.73. The highest BCUT2D eigenvalue weighted by Gasteiger charge is 2.44. The number of hydrogen-bond donors (Lipinski definition) is 2. The van der Waals surface area contributed by atoms with Crippen molar-refractivity contribution < 1.29 is 22.8 Å². The second kappa shape index (κ2) is 6.37. The maximum absolute atomic E-state index is 12.9. The molecule has 4 nitrogen and oxygen atoms in total. The first-order valence-electron chi connectivity index (χ1n) is 7.05. The number of halogens is 3. The lowest BCUT2D eigenvalue weighted by Crippen LogP contribution is -2.38. The smallest absolute Gasteiger partial charge is 0.351 e. The van der Waals surface area contributed by atoms with Crippen LogP contribution in [0.15, 0.2) is 24.3 Å². The molecular formula is C15H17F3N2O2. The average Bonchev–Trinajstić information content (AvgIpc) is 3.22. The molecule has 2 unspecified atom stereocenters. The van der Waals surface area contributed by atoms with Crippen LogP contribution in [0, 0.1) is 0 Å². The van der Waals surface area contributed by atoms with Crippen LogP contribution in [-0.4, -0.2) is 24.4 Å². The maximum Gasteiger partial charge on any atom is 0.416 e. The van der Waals surface area contributed by atoms with E-state index >= 15 is 0 Å². The Balaban J connectivity index is 1.93. The van der Waals surface area contributed by atoms with E-state index in [0.29, 0.717) is 6.42 Å². The van der Waals surface area contributed by atoms with Gasteiger partial charge in [0.15, 0.2) is 0 Å². The fourth-order valence-electron chi connectivity index (χ4n) is 2.34. The van der Waals surface area contributed by atoms with Crippen molar-refractivity contribution in [2.24, 2.45) is 0 Å². The second-order valence-corrected chi connectivity index (χ2v) is 5.23. The highest BCUT2D eigenvalue weighted by molar-refractivity contribution is 5.84. The van der Waals surface area contributed by atoms with Gasteiger partial charge in [-0.3, -0.25) is 9.59 Å². The number of benzene rings is 1. The third-order valence-corrected chi connectivity index (χ3v) is 3.57. The normalized spacial score (nSPS) is 20.4. The Hall–Kier alpha value is -2.05. The molecule has 2 rings (SSSR count). The molecule has 0 spiro atoms. The molecule has 1 aromatic carbocycles. The Labute approximate surface area is 126 Å². The minimum atomic E-state index is -4.40.